The topological polar surface area (TPSA) is 6.48 Å². The summed E-state index contributed by atoms with van der Waals surface area (Å²) < 4.78 is 0. The number of piperazine rings is 1. The monoisotopic (exact) mass is 266 g/mol. The van der Waals surface area contributed by atoms with Gasteiger partial charge in [-0.3, -0.25) is 4.90 Å². The highest BCUT2D eigenvalue weighted by atomic mass is 35.5. The zero-order chi connectivity index (χ0) is 13.1. The lowest BCUT2D eigenvalue weighted by Gasteiger charge is -2.38. The number of hydrogen-bond donors (Lipinski definition) is 0. The van der Waals surface area contributed by atoms with Crippen molar-refractivity contribution in [1.29, 1.82) is 0 Å². The van der Waals surface area contributed by atoms with E-state index in [9.17, 15) is 0 Å². The number of halogens is 1. The quantitative estimate of drug-likeness (QED) is 0.775. The highest BCUT2D eigenvalue weighted by Crippen LogP contribution is 2.23. The van der Waals surface area contributed by atoms with E-state index in [0.717, 1.165) is 26.2 Å². The first-order chi connectivity index (χ1) is 8.61. The third kappa shape index (κ3) is 2.99. The first-order valence-corrected chi connectivity index (χ1v) is 7.29. The Morgan fingerprint density at radius 2 is 1.83 bits per heavy atom. The minimum absolute atomic E-state index is 0.599. The van der Waals surface area contributed by atoms with Gasteiger partial charge in [0.1, 0.15) is 0 Å². The molecule has 0 aromatic heterocycles. The Balaban J connectivity index is 2.05. The van der Waals surface area contributed by atoms with Crippen LogP contribution in [0.15, 0.2) is 18.2 Å². The van der Waals surface area contributed by atoms with Crippen molar-refractivity contribution in [3.63, 3.8) is 0 Å². The number of benzene rings is 1. The van der Waals surface area contributed by atoms with Crippen LogP contribution < -0.4 is 4.90 Å². The second kappa shape index (κ2) is 5.94. The maximum absolute atomic E-state index is 5.87. The van der Waals surface area contributed by atoms with Gasteiger partial charge in [0.05, 0.1) is 0 Å². The zero-order valence-corrected chi connectivity index (χ0v) is 12.4. The molecule has 0 aliphatic carbocycles. The molecule has 1 fully saturated rings. The van der Waals surface area contributed by atoms with Crippen molar-refractivity contribution >= 4 is 17.3 Å². The Labute approximate surface area is 116 Å². The van der Waals surface area contributed by atoms with Gasteiger partial charge in [-0.15, -0.1) is 11.6 Å². The van der Waals surface area contributed by atoms with Crippen LogP contribution in [0.1, 0.15) is 25.0 Å². The largest absolute Gasteiger partial charge is 0.369 e. The molecule has 1 saturated heterocycles. The third-order valence-corrected chi connectivity index (χ3v) is 4.11. The van der Waals surface area contributed by atoms with Gasteiger partial charge in [0.15, 0.2) is 0 Å². The number of hydrogen-bond acceptors (Lipinski definition) is 2. The Bertz CT molecular complexity index is 395. The Morgan fingerprint density at radius 3 is 2.33 bits per heavy atom. The van der Waals surface area contributed by atoms with Gasteiger partial charge in [-0.1, -0.05) is 12.1 Å². The molecule has 1 aliphatic heterocycles. The molecule has 0 atom stereocenters. The highest BCUT2D eigenvalue weighted by molar-refractivity contribution is 6.17. The smallest absolute Gasteiger partial charge is 0.0474 e. The third-order valence-electron chi connectivity index (χ3n) is 3.80. The molecule has 0 spiro atoms. The molecular weight excluding hydrogens is 244 g/mol. The van der Waals surface area contributed by atoms with Crippen LogP contribution in [-0.2, 0) is 5.88 Å². The Kier molecular flexibility index (Phi) is 4.52. The molecule has 1 aromatic rings. The minimum atomic E-state index is 0.599. The van der Waals surface area contributed by atoms with Crippen molar-refractivity contribution in [3.05, 3.63) is 29.3 Å². The van der Waals surface area contributed by atoms with E-state index in [4.69, 9.17) is 11.6 Å². The first kappa shape index (κ1) is 13.7. The predicted octanol–water partition coefficient (Wildman–Crippen LogP) is 3.26. The maximum Gasteiger partial charge on any atom is 0.0474 e. The summed E-state index contributed by atoms with van der Waals surface area (Å²) in [5.74, 6) is 0.599. The molecule has 0 N–H and O–H groups in total. The van der Waals surface area contributed by atoms with Crippen LogP contribution in [0.25, 0.3) is 0 Å². The summed E-state index contributed by atoms with van der Waals surface area (Å²) >= 11 is 5.87. The molecular formula is C15H23ClN2. The molecule has 0 bridgehead atoms. The lowest BCUT2D eigenvalue weighted by molar-refractivity contribution is 0.209. The van der Waals surface area contributed by atoms with Crippen molar-refractivity contribution < 1.29 is 0 Å². The molecule has 0 unspecified atom stereocenters. The van der Waals surface area contributed by atoms with Crippen molar-refractivity contribution in [2.75, 3.05) is 31.1 Å². The number of anilines is 1. The van der Waals surface area contributed by atoms with Gasteiger partial charge in [0.25, 0.3) is 0 Å². The van der Waals surface area contributed by atoms with Gasteiger partial charge < -0.3 is 4.90 Å². The molecule has 0 radical (unpaired) electrons. The van der Waals surface area contributed by atoms with E-state index >= 15 is 0 Å². The molecule has 2 rings (SSSR count). The lowest BCUT2D eigenvalue weighted by Crippen LogP contribution is -2.49. The molecule has 18 heavy (non-hydrogen) atoms. The van der Waals surface area contributed by atoms with E-state index in [1.165, 1.54) is 16.8 Å². The van der Waals surface area contributed by atoms with Crippen molar-refractivity contribution in [2.24, 2.45) is 0 Å². The van der Waals surface area contributed by atoms with Crippen LogP contribution in [0.4, 0.5) is 5.69 Å². The second-order valence-corrected chi connectivity index (χ2v) is 5.64. The number of rotatable bonds is 3. The maximum atomic E-state index is 5.87. The molecule has 1 heterocycles. The van der Waals surface area contributed by atoms with Crippen LogP contribution in [0.2, 0.25) is 0 Å². The molecule has 3 heteroatoms. The van der Waals surface area contributed by atoms with Gasteiger partial charge in [0.2, 0.25) is 0 Å². The average molecular weight is 267 g/mol. The van der Waals surface area contributed by atoms with Crippen molar-refractivity contribution in [3.8, 4) is 0 Å². The van der Waals surface area contributed by atoms with Crippen LogP contribution >= 0.6 is 11.6 Å². The molecule has 1 aromatic carbocycles. The van der Waals surface area contributed by atoms with Crippen molar-refractivity contribution in [2.45, 2.75) is 32.7 Å². The van der Waals surface area contributed by atoms with Crippen LogP contribution in [0.5, 0.6) is 0 Å². The van der Waals surface area contributed by atoms with E-state index in [1.54, 1.807) is 0 Å². The van der Waals surface area contributed by atoms with Crippen LogP contribution in [-0.4, -0.2) is 37.1 Å². The SMILES string of the molecule is Cc1cc(CCl)ccc1N1CCN(C(C)C)CC1. The summed E-state index contributed by atoms with van der Waals surface area (Å²) in [7, 11) is 0. The lowest BCUT2D eigenvalue weighted by atomic mass is 10.1. The van der Waals surface area contributed by atoms with Crippen LogP contribution in [0, 0.1) is 6.92 Å². The summed E-state index contributed by atoms with van der Waals surface area (Å²) in [6.07, 6.45) is 0. The predicted molar refractivity (Wildman–Crippen MR) is 79.7 cm³/mol. The highest BCUT2D eigenvalue weighted by Gasteiger charge is 2.19. The fourth-order valence-electron chi connectivity index (χ4n) is 2.63. The summed E-state index contributed by atoms with van der Waals surface area (Å²) in [4.78, 5) is 5.03. The minimum Gasteiger partial charge on any atom is -0.369 e. The van der Waals surface area contributed by atoms with E-state index in [0.29, 0.717) is 11.9 Å². The molecule has 2 nitrogen and oxygen atoms in total. The Morgan fingerprint density at radius 1 is 1.17 bits per heavy atom. The van der Waals surface area contributed by atoms with E-state index in [1.807, 2.05) is 0 Å². The number of alkyl halides is 1. The summed E-state index contributed by atoms with van der Waals surface area (Å²) in [6, 6.07) is 7.23. The fraction of sp³-hybridized carbons (Fsp3) is 0.600. The number of nitrogens with zero attached hydrogens (tertiary/aromatic N) is 2. The second-order valence-electron chi connectivity index (χ2n) is 5.37. The first-order valence-electron chi connectivity index (χ1n) is 6.76. The Hall–Kier alpha value is -0.730. The normalized spacial score (nSPS) is 17.5. The van der Waals surface area contributed by atoms with E-state index < -0.39 is 0 Å². The summed E-state index contributed by atoms with van der Waals surface area (Å²) in [5, 5.41) is 0. The standard InChI is InChI=1S/C15H23ClN2/c1-12(2)17-6-8-18(9-7-17)15-5-4-14(11-16)10-13(15)3/h4-5,10,12H,6-9,11H2,1-3H3. The summed E-state index contributed by atoms with van der Waals surface area (Å²) in [6.45, 7) is 11.3. The molecule has 1 aliphatic rings. The van der Waals surface area contributed by atoms with Gasteiger partial charge in [-0.25, -0.2) is 0 Å². The average Bonchev–Trinajstić information content (AvgIpc) is 2.38. The summed E-state index contributed by atoms with van der Waals surface area (Å²) in [5.41, 5.74) is 3.91. The van der Waals surface area contributed by atoms with Crippen molar-refractivity contribution in [1.82, 2.24) is 4.90 Å². The molecule has 100 valence electrons. The van der Waals surface area contributed by atoms with Crippen LogP contribution in [0.3, 0.4) is 0 Å². The van der Waals surface area contributed by atoms with Gasteiger partial charge in [-0.05, 0) is 38.0 Å². The van der Waals surface area contributed by atoms with Gasteiger partial charge >= 0.3 is 0 Å². The van der Waals surface area contributed by atoms with E-state index in [2.05, 4.69) is 48.8 Å². The van der Waals surface area contributed by atoms with Gasteiger partial charge in [0, 0.05) is 43.8 Å². The zero-order valence-electron chi connectivity index (χ0n) is 11.6. The van der Waals surface area contributed by atoms with Gasteiger partial charge in [-0.2, -0.15) is 0 Å². The molecule has 0 saturated carbocycles. The number of aryl methyl sites for hydroxylation is 1. The fourth-order valence-corrected chi connectivity index (χ4v) is 2.80. The molecule has 0 amide bonds. The van der Waals surface area contributed by atoms with E-state index in [-0.39, 0.29) is 0 Å².